The number of hydrogen-bond donors (Lipinski definition) is 0. The van der Waals surface area contributed by atoms with Crippen LogP contribution in [-0.2, 0) is 14.4 Å². The number of carbonyl (C=O) groups is 3. The van der Waals surface area contributed by atoms with Crippen molar-refractivity contribution in [3.05, 3.63) is 0 Å². The summed E-state index contributed by atoms with van der Waals surface area (Å²) in [7, 11) is 0. The standard InChI is InChI=1S/C9H9Cl3O3.C2H6/c10-7(13)4-1-2-5(8(11)14)6(3-4)9(12)15;1-2/h4-6H,1-3H2;1-2H3. The topological polar surface area (TPSA) is 51.2 Å². The molecule has 0 bridgehead atoms. The van der Waals surface area contributed by atoms with Gasteiger partial charge >= 0.3 is 0 Å². The van der Waals surface area contributed by atoms with E-state index in [0.29, 0.717) is 12.8 Å². The van der Waals surface area contributed by atoms with Crippen LogP contribution in [0.5, 0.6) is 0 Å². The lowest BCUT2D eigenvalue weighted by Crippen LogP contribution is -2.34. The van der Waals surface area contributed by atoms with Crippen molar-refractivity contribution < 1.29 is 14.4 Å². The Labute approximate surface area is 116 Å². The molecule has 0 radical (unpaired) electrons. The van der Waals surface area contributed by atoms with Crippen molar-refractivity contribution in [2.24, 2.45) is 17.8 Å². The van der Waals surface area contributed by atoms with Crippen LogP contribution in [0, 0.1) is 17.8 Å². The molecule has 3 unspecified atom stereocenters. The minimum atomic E-state index is -0.682. The van der Waals surface area contributed by atoms with Crippen LogP contribution < -0.4 is 0 Å². The van der Waals surface area contributed by atoms with Gasteiger partial charge in [0.25, 0.3) is 0 Å². The zero-order chi connectivity index (χ0) is 13.6. The van der Waals surface area contributed by atoms with E-state index >= 15 is 0 Å². The molecule has 1 aliphatic rings. The molecule has 17 heavy (non-hydrogen) atoms. The van der Waals surface area contributed by atoms with Gasteiger partial charge in [0.05, 0.1) is 0 Å². The van der Waals surface area contributed by atoms with Crippen molar-refractivity contribution in [2.75, 3.05) is 0 Å². The third-order valence-corrected chi connectivity index (χ3v) is 3.62. The van der Waals surface area contributed by atoms with Gasteiger partial charge in [-0.25, -0.2) is 0 Å². The van der Waals surface area contributed by atoms with Gasteiger partial charge in [-0.2, -0.15) is 0 Å². The van der Waals surface area contributed by atoms with E-state index in [1.54, 1.807) is 0 Å². The first-order valence-corrected chi connectivity index (χ1v) is 6.65. The van der Waals surface area contributed by atoms with E-state index in [2.05, 4.69) is 0 Å². The molecule has 0 amide bonds. The Morgan fingerprint density at radius 1 is 0.824 bits per heavy atom. The molecule has 6 heteroatoms. The normalized spacial score (nSPS) is 27.7. The van der Waals surface area contributed by atoms with Gasteiger partial charge < -0.3 is 0 Å². The van der Waals surface area contributed by atoms with Crippen LogP contribution in [0.15, 0.2) is 0 Å². The molecule has 1 saturated carbocycles. The highest BCUT2D eigenvalue weighted by atomic mass is 35.5. The van der Waals surface area contributed by atoms with E-state index in [0.717, 1.165) is 0 Å². The first-order chi connectivity index (χ1) is 7.93. The van der Waals surface area contributed by atoms with Crippen LogP contribution in [0.25, 0.3) is 0 Å². The highest BCUT2D eigenvalue weighted by Gasteiger charge is 2.39. The fourth-order valence-electron chi connectivity index (χ4n) is 1.90. The third kappa shape index (κ3) is 4.94. The molecule has 3 atom stereocenters. The van der Waals surface area contributed by atoms with Crippen molar-refractivity contribution >= 4 is 50.5 Å². The minimum Gasteiger partial charge on any atom is -0.281 e. The van der Waals surface area contributed by atoms with Crippen molar-refractivity contribution in [3.8, 4) is 0 Å². The molecular weight excluding hydrogens is 286 g/mol. The lowest BCUT2D eigenvalue weighted by molar-refractivity contribution is -0.128. The molecule has 0 heterocycles. The van der Waals surface area contributed by atoms with E-state index in [4.69, 9.17) is 34.8 Å². The summed E-state index contributed by atoms with van der Waals surface area (Å²) in [5, 5.41) is -1.69. The highest BCUT2D eigenvalue weighted by Crippen LogP contribution is 2.37. The second-order valence-corrected chi connectivity index (χ2v) is 4.75. The van der Waals surface area contributed by atoms with E-state index < -0.39 is 33.5 Å². The van der Waals surface area contributed by atoms with E-state index in [9.17, 15) is 14.4 Å². The van der Waals surface area contributed by atoms with Crippen LogP contribution in [0.2, 0.25) is 0 Å². The maximum Gasteiger partial charge on any atom is 0.225 e. The highest BCUT2D eigenvalue weighted by molar-refractivity contribution is 6.67. The van der Waals surface area contributed by atoms with Gasteiger partial charge in [0, 0.05) is 17.8 Å². The molecule has 3 nitrogen and oxygen atoms in total. The van der Waals surface area contributed by atoms with Crippen LogP contribution in [0.4, 0.5) is 0 Å². The molecule has 0 aromatic carbocycles. The largest absolute Gasteiger partial charge is 0.281 e. The van der Waals surface area contributed by atoms with E-state index in [1.165, 1.54) is 0 Å². The quantitative estimate of drug-likeness (QED) is 0.751. The summed E-state index contributed by atoms with van der Waals surface area (Å²) in [6, 6.07) is 0. The lowest BCUT2D eigenvalue weighted by atomic mass is 9.75. The molecule has 1 fully saturated rings. The predicted octanol–water partition coefficient (Wildman–Crippen LogP) is 3.34. The number of halogens is 3. The maximum atomic E-state index is 11.1. The van der Waals surface area contributed by atoms with Crippen LogP contribution in [0.1, 0.15) is 33.1 Å². The third-order valence-electron chi connectivity index (χ3n) is 2.75. The Kier molecular flexibility index (Phi) is 8.01. The molecule has 0 spiro atoms. The van der Waals surface area contributed by atoms with E-state index in [1.807, 2.05) is 13.8 Å². The average molecular weight is 302 g/mol. The summed E-state index contributed by atoms with van der Waals surface area (Å²) in [6.45, 7) is 4.00. The maximum absolute atomic E-state index is 11.1. The minimum absolute atomic E-state index is 0.216. The van der Waals surface area contributed by atoms with Gasteiger partial charge in [0.15, 0.2) is 0 Å². The predicted molar refractivity (Wildman–Crippen MR) is 68.2 cm³/mol. The molecule has 0 aromatic rings. The molecule has 0 aliphatic heterocycles. The van der Waals surface area contributed by atoms with Gasteiger partial charge in [-0.15, -0.1) is 0 Å². The van der Waals surface area contributed by atoms with Crippen molar-refractivity contribution in [1.29, 1.82) is 0 Å². The van der Waals surface area contributed by atoms with Crippen molar-refractivity contribution in [1.82, 2.24) is 0 Å². The molecule has 0 saturated heterocycles. The molecule has 1 rings (SSSR count). The van der Waals surface area contributed by atoms with Crippen molar-refractivity contribution in [2.45, 2.75) is 33.1 Å². The zero-order valence-electron chi connectivity index (χ0n) is 9.71. The fourth-order valence-corrected chi connectivity index (χ4v) is 2.60. The number of carbonyl (C=O) groups excluding carboxylic acids is 3. The number of rotatable bonds is 3. The van der Waals surface area contributed by atoms with Crippen LogP contribution >= 0.6 is 34.8 Å². The van der Waals surface area contributed by atoms with Crippen LogP contribution in [-0.4, -0.2) is 15.7 Å². The van der Waals surface area contributed by atoms with Gasteiger partial charge in [0.1, 0.15) is 0 Å². The summed E-state index contributed by atoms with van der Waals surface area (Å²) >= 11 is 16.1. The lowest BCUT2D eigenvalue weighted by Gasteiger charge is -2.30. The number of hydrogen-bond acceptors (Lipinski definition) is 3. The van der Waals surface area contributed by atoms with Gasteiger partial charge in [-0.05, 0) is 54.1 Å². The van der Waals surface area contributed by atoms with Gasteiger partial charge in [-0.1, -0.05) is 13.8 Å². The molecule has 1 aliphatic carbocycles. The van der Waals surface area contributed by atoms with Gasteiger partial charge in [-0.3, -0.25) is 14.4 Å². The summed E-state index contributed by atoms with van der Waals surface area (Å²) in [6.07, 6.45) is 1.08. The Morgan fingerprint density at radius 2 is 1.29 bits per heavy atom. The second-order valence-electron chi connectivity index (χ2n) is 3.64. The Hall–Kier alpha value is -0.120. The summed E-state index contributed by atoms with van der Waals surface area (Å²) in [5.74, 6) is -1.66. The molecular formula is C11H15Cl3O3. The SMILES string of the molecule is CC.O=C(Cl)C1CCC(C(=O)Cl)C(C(=O)Cl)C1. The summed E-state index contributed by atoms with van der Waals surface area (Å²) < 4.78 is 0. The second kappa shape index (κ2) is 8.06. The molecule has 0 N–H and O–H groups in total. The Balaban J connectivity index is 0.00000121. The van der Waals surface area contributed by atoms with Crippen LogP contribution in [0.3, 0.4) is 0 Å². The van der Waals surface area contributed by atoms with Crippen molar-refractivity contribution in [3.63, 3.8) is 0 Å². The average Bonchev–Trinajstić information content (AvgIpc) is 2.30. The molecule has 0 aromatic heterocycles. The monoisotopic (exact) mass is 300 g/mol. The smallest absolute Gasteiger partial charge is 0.225 e. The summed E-state index contributed by atoms with van der Waals surface area (Å²) in [5.41, 5.74) is 0. The first-order valence-electron chi connectivity index (χ1n) is 5.51. The Morgan fingerprint density at radius 3 is 1.65 bits per heavy atom. The molecule has 98 valence electrons. The zero-order valence-corrected chi connectivity index (χ0v) is 12.0. The Bertz CT molecular complexity index is 304. The van der Waals surface area contributed by atoms with Gasteiger partial charge in [0.2, 0.25) is 15.7 Å². The van der Waals surface area contributed by atoms with E-state index in [-0.39, 0.29) is 6.42 Å². The summed E-state index contributed by atoms with van der Waals surface area (Å²) in [4.78, 5) is 33.0. The first kappa shape index (κ1) is 16.9. The fraction of sp³-hybridized carbons (Fsp3) is 0.727.